The summed E-state index contributed by atoms with van der Waals surface area (Å²) in [6, 6.07) is 14.4. The normalized spacial score (nSPS) is 10.5. The summed E-state index contributed by atoms with van der Waals surface area (Å²) >= 11 is 9.20. The Hall–Kier alpha value is -2.25. The van der Waals surface area contributed by atoms with Crippen molar-refractivity contribution in [2.75, 3.05) is 5.32 Å². The molecule has 1 heterocycles. The molecule has 116 valence electrons. The Bertz CT molecular complexity index is 834. The number of carbonyl (C=O) groups is 1. The quantitative estimate of drug-likeness (QED) is 0.738. The fourth-order valence-corrected chi connectivity index (χ4v) is 2.45. The lowest BCUT2D eigenvalue weighted by atomic mass is 10.2. The number of rotatable bonds is 4. The van der Waals surface area contributed by atoms with Gasteiger partial charge in [-0.3, -0.25) is 4.79 Å². The minimum absolute atomic E-state index is 0.0207. The molecule has 3 aromatic rings. The van der Waals surface area contributed by atoms with Gasteiger partial charge >= 0.3 is 0 Å². The minimum atomic E-state index is -0.233. The molecule has 0 bridgehead atoms. The Morgan fingerprint density at radius 2 is 2.00 bits per heavy atom. The smallest absolute Gasteiger partial charge is 0.248 e. The SMILES string of the molecule is O=C(Cn1nnc(-c2ccc(Cl)cc2)n1)Nc1cccc(Br)c1. The van der Waals surface area contributed by atoms with Crippen molar-refractivity contribution in [1.29, 1.82) is 0 Å². The van der Waals surface area contributed by atoms with Crippen LogP contribution >= 0.6 is 27.5 Å². The van der Waals surface area contributed by atoms with Crippen molar-refractivity contribution >= 4 is 39.1 Å². The first-order chi connectivity index (χ1) is 11.1. The number of halogens is 2. The first kappa shape index (κ1) is 15.6. The molecular weight excluding hydrogens is 382 g/mol. The third kappa shape index (κ3) is 4.14. The molecule has 8 heteroatoms. The zero-order chi connectivity index (χ0) is 16.2. The third-order valence-electron chi connectivity index (χ3n) is 2.95. The van der Waals surface area contributed by atoms with Crippen molar-refractivity contribution < 1.29 is 4.79 Å². The molecule has 0 aliphatic rings. The molecule has 0 atom stereocenters. The lowest BCUT2D eigenvalue weighted by Crippen LogP contribution is -2.20. The molecule has 0 aliphatic heterocycles. The molecule has 0 unspecified atom stereocenters. The first-order valence-electron chi connectivity index (χ1n) is 6.69. The maximum atomic E-state index is 12.0. The van der Waals surface area contributed by atoms with Gasteiger partial charge in [0.2, 0.25) is 11.7 Å². The van der Waals surface area contributed by atoms with E-state index in [9.17, 15) is 4.79 Å². The van der Waals surface area contributed by atoms with Gasteiger partial charge in [-0.15, -0.1) is 10.2 Å². The molecular formula is C15H11BrClN5O. The van der Waals surface area contributed by atoms with Crippen molar-refractivity contribution in [3.63, 3.8) is 0 Å². The van der Waals surface area contributed by atoms with Crippen molar-refractivity contribution in [3.8, 4) is 11.4 Å². The average Bonchev–Trinajstić information content (AvgIpc) is 2.96. The highest BCUT2D eigenvalue weighted by Crippen LogP contribution is 2.17. The largest absolute Gasteiger partial charge is 0.324 e. The van der Waals surface area contributed by atoms with Gasteiger partial charge in [-0.2, -0.15) is 4.80 Å². The predicted octanol–water partition coefficient (Wildman–Crippen LogP) is 3.39. The molecule has 0 saturated heterocycles. The van der Waals surface area contributed by atoms with Crippen LogP contribution in [0.2, 0.25) is 5.02 Å². The van der Waals surface area contributed by atoms with E-state index >= 15 is 0 Å². The van der Waals surface area contributed by atoms with Gasteiger partial charge in [0, 0.05) is 20.7 Å². The predicted molar refractivity (Wildman–Crippen MR) is 91.0 cm³/mol. The number of hydrogen-bond acceptors (Lipinski definition) is 4. The number of hydrogen-bond donors (Lipinski definition) is 1. The van der Waals surface area contributed by atoms with Gasteiger partial charge in [0.05, 0.1) is 0 Å². The van der Waals surface area contributed by atoms with Gasteiger partial charge in [0.25, 0.3) is 0 Å². The first-order valence-corrected chi connectivity index (χ1v) is 7.86. The van der Waals surface area contributed by atoms with E-state index in [0.717, 1.165) is 10.0 Å². The topological polar surface area (TPSA) is 72.7 Å². The summed E-state index contributed by atoms with van der Waals surface area (Å²) in [6.07, 6.45) is 0. The molecule has 23 heavy (non-hydrogen) atoms. The Morgan fingerprint density at radius 1 is 1.22 bits per heavy atom. The van der Waals surface area contributed by atoms with Crippen LogP contribution in [-0.2, 0) is 11.3 Å². The van der Waals surface area contributed by atoms with Crippen LogP contribution in [-0.4, -0.2) is 26.1 Å². The van der Waals surface area contributed by atoms with Crippen molar-refractivity contribution in [2.24, 2.45) is 0 Å². The van der Waals surface area contributed by atoms with Crippen molar-refractivity contribution in [1.82, 2.24) is 20.2 Å². The summed E-state index contributed by atoms with van der Waals surface area (Å²) < 4.78 is 0.888. The molecule has 3 rings (SSSR count). The Morgan fingerprint density at radius 3 is 2.74 bits per heavy atom. The van der Waals surface area contributed by atoms with Crippen LogP contribution in [0.4, 0.5) is 5.69 Å². The monoisotopic (exact) mass is 391 g/mol. The molecule has 6 nitrogen and oxygen atoms in total. The summed E-state index contributed by atoms with van der Waals surface area (Å²) in [7, 11) is 0. The molecule has 0 radical (unpaired) electrons. The maximum absolute atomic E-state index is 12.0. The number of aromatic nitrogens is 4. The molecule has 1 amide bonds. The van der Waals surface area contributed by atoms with E-state index in [-0.39, 0.29) is 12.5 Å². The molecule has 0 aliphatic carbocycles. The van der Waals surface area contributed by atoms with E-state index in [2.05, 4.69) is 36.7 Å². The van der Waals surface area contributed by atoms with E-state index in [1.165, 1.54) is 4.80 Å². The summed E-state index contributed by atoms with van der Waals surface area (Å²) in [5, 5.41) is 15.4. The van der Waals surface area contributed by atoms with Crippen LogP contribution in [0.25, 0.3) is 11.4 Å². The Balaban J connectivity index is 1.66. The second-order valence-electron chi connectivity index (χ2n) is 4.71. The third-order valence-corrected chi connectivity index (χ3v) is 3.69. The van der Waals surface area contributed by atoms with Crippen LogP contribution in [0.3, 0.4) is 0 Å². The van der Waals surface area contributed by atoms with Crippen LogP contribution in [0.1, 0.15) is 0 Å². The zero-order valence-corrected chi connectivity index (χ0v) is 14.1. The minimum Gasteiger partial charge on any atom is -0.324 e. The zero-order valence-electron chi connectivity index (χ0n) is 11.8. The van der Waals surface area contributed by atoms with E-state index < -0.39 is 0 Å². The molecule has 0 spiro atoms. The van der Waals surface area contributed by atoms with Crippen molar-refractivity contribution in [2.45, 2.75) is 6.54 Å². The number of anilines is 1. The van der Waals surface area contributed by atoms with Crippen molar-refractivity contribution in [3.05, 3.63) is 58.0 Å². The Labute approximate surface area is 145 Å². The van der Waals surface area contributed by atoms with Gasteiger partial charge in [0.1, 0.15) is 6.54 Å². The van der Waals surface area contributed by atoms with E-state index in [1.807, 2.05) is 18.2 Å². The van der Waals surface area contributed by atoms with E-state index in [4.69, 9.17) is 11.6 Å². The second kappa shape index (κ2) is 6.89. The summed E-state index contributed by atoms with van der Waals surface area (Å²) in [5.74, 6) is 0.208. The van der Waals surface area contributed by atoms with E-state index in [1.54, 1.807) is 30.3 Å². The maximum Gasteiger partial charge on any atom is 0.248 e. The fraction of sp³-hybridized carbons (Fsp3) is 0.0667. The lowest BCUT2D eigenvalue weighted by Gasteiger charge is -2.04. The summed E-state index contributed by atoms with van der Waals surface area (Å²) in [4.78, 5) is 13.3. The molecule has 0 saturated carbocycles. The number of nitrogens with zero attached hydrogens (tertiary/aromatic N) is 4. The number of amides is 1. The number of tetrazole rings is 1. The standard InChI is InChI=1S/C15H11BrClN5O/c16-11-2-1-3-13(8-11)18-14(23)9-22-20-15(19-21-22)10-4-6-12(17)7-5-10/h1-8H,9H2,(H,18,23). The molecule has 1 N–H and O–H groups in total. The number of benzene rings is 2. The highest BCUT2D eigenvalue weighted by atomic mass is 79.9. The summed E-state index contributed by atoms with van der Waals surface area (Å²) in [5.41, 5.74) is 1.48. The van der Waals surface area contributed by atoms with Gasteiger partial charge in [-0.05, 0) is 47.7 Å². The van der Waals surface area contributed by atoms with Gasteiger partial charge in [0.15, 0.2) is 0 Å². The lowest BCUT2D eigenvalue weighted by molar-refractivity contribution is -0.117. The molecule has 0 fully saturated rings. The highest BCUT2D eigenvalue weighted by Gasteiger charge is 2.09. The van der Waals surface area contributed by atoms with Crippen LogP contribution < -0.4 is 5.32 Å². The van der Waals surface area contributed by atoms with Crippen LogP contribution in [0, 0.1) is 0 Å². The average molecular weight is 393 g/mol. The molecule has 2 aromatic carbocycles. The fourth-order valence-electron chi connectivity index (χ4n) is 1.92. The summed E-state index contributed by atoms with van der Waals surface area (Å²) in [6.45, 7) is -0.0207. The van der Waals surface area contributed by atoms with Gasteiger partial charge in [-0.25, -0.2) is 0 Å². The van der Waals surface area contributed by atoms with Crippen LogP contribution in [0.5, 0.6) is 0 Å². The van der Waals surface area contributed by atoms with Gasteiger partial charge < -0.3 is 5.32 Å². The number of carbonyl (C=O) groups excluding carboxylic acids is 1. The second-order valence-corrected chi connectivity index (χ2v) is 6.06. The van der Waals surface area contributed by atoms with Gasteiger partial charge in [-0.1, -0.05) is 33.6 Å². The number of nitrogens with one attached hydrogen (secondary N) is 1. The van der Waals surface area contributed by atoms with E-state index in [0.29, 0.717) is 16.5 Å². The molecule has 1 aromatic heterocycles. The highest BCUT2D eigenvalue weighted by molar-refractivity contribution is 9.10. The Kier molecular flexibility index (Phi) is 4.68. The van der Waals surface area contributed by atoms with Crippen LogP contribution in [0.15, 0.2) is 53.0 Å².